The van der Waals surface area contributed by atoms with Crippen LogP contribution in [0.4, 0.5) is 4.79 Å². The van der Waals surface area contributed by atoms with Crippen molar-refractivity contribution in [2.24, 2.45) is 11.1 Å². The lowest BCUT2D eigenvalue weighted by Crippen LogP contribution is -2.67. The van der Waals surface area contributed by atoms with Gasteiger partial charge in [0.2, 0.25) is 0 Å². The number of rotatable bonds is 1. The van der Waals surface area contributed by atoms with E-state index in [4.69, 9.17) is 10.5 Å². The van der Waals surface area contributed by atoms with Crippen molar-refractivity contribution >= 4 is 11.9 Å². The van der Waals surface area contributed by atoms with Crippen LogP contribution < -0.4 is 5.73 Å². The topological polar surface area (TPSA) is 90.5 Å². The number of hydrogen-bond acceptors (Lipinski definition) is 4. The Bertz CT molecular complexity index is 483. The van der Waals surface area contributed by atoms with Gasteiger partial charge < -0.3 is 15.4 Å². The van der Waals surface area contributed by atoms with Crippen molar-refractivity contribution in [1.29, 1.82) is 0 Å². The van der Waals surface area contributed by atoms with E-state index in [0.29, 0.717) is 13.1 Å². The lowest BCUT2D eigenvalue weighted by molar-refractivity contribution is -0.175. The maximum atomic E-state index is 11.9. The van der Waals surface area contributed by atoms with E-state index in [1.165, 1.54) is 17.1 Å². The summed E-state index contributed by atoms with van der Waals surface area (Å²) in [5, 5.41) is 0. The fourth-order valence-corrected chi connectivity index (χ4v) is 2.19. The lowest BCUT2D eigenvalue weighted by Gasteiger charge is -2.54. The van der Waals surface area contributed by atoms with Gasteiger partial charge in [0.15, 0.2) is 0 Å². The van der Waals surface area contributed by atoms with Gasteiger partial charge in [0.25, 0.3) is 5.91 Å². The van der Waals surface area contributed by atoms with Crippen LogP contribution in [0.2, 0.25) is 0 Å². The number of nitrogens with zero attached hydrogens (tertiary/aromatic N) is 3. The minimum Gasteiger partial charge on any atom is -0.380 e. The highest BCUT2D eigenvalue weighted by molar-refractivity contribution is 5.91. The summed E-state index contributed by atoms with van der Waals surface area (Å²) in [6.07, 6.45) is 2.66. The predicted octanol–water partition coefficient (Wildman–Crippen LogP) is -0.718. The van der Waals surface area contributed by atoms with E-state index in [0.717, 1.165) is 13.2 Å². The zero-order valence-corrected chi connectivity index (χ0v) is 9.13. The number of aromatic nitrogens is 2. The number of ether oxygens (including phenoxy) is 1. The Morgan fingerprint density at radius 1 is 1.41 bits per heavy atom. The Balaban J connectivity index is 1.68. The number of nitrogens with two attached hydrogens (primary N) is 1. The molecule has 2 aliphatic rings. The summed E-state index contributed by atoms with van der Waals surface area (Å²) in [4.78, 5) is 28.3. The third-order valence-corrected chi connectivity index (χ3v) is 3.20. The molecule has 2 N–H and O–H groups in total. The minimum atomic E-state index is -0.635. The fourth-order valence-electron chi connectivity index (χ4n) is 2.19. The van der Waals surface area contributed by atoms with E-state index in [-0.39, 0.29) is 17.1 Å². The molecule has 17 heavy (non-hydrogen) atoms. The molecule has 1 aromatic heterocycles. The lowest BCUT2D eigenvalue weighted by atomic mass is 9.78. The molecule has 0 bridgehead atoms. The van der Waals surface area contributed by atoms with E-state index >= 15 is 0 Å². The molecule has 0 saturated carbocycles. The Labute approximate surface area is 97.1 Å². The van der Waals surface area contributed by atoms with Gasteiger partial charge in [-0.25, -0.2) is 9.78 Å². The number of carbonyl (C=O) groups excluding carboxylic acids is 2. The molecule has 2 amide bonds. The highest BCUT2D eigenvalue weighted by atomic mass is 16.5. The molecule has 0 atom stereocenters. The molecule has 0 aromatic carbocycles. The number of amides is 2. The first kappa shape index (κ1) is 10.3. The average Bonchev–Trinajstić information content (AvgIpc) is 2.61. The number of carbonyl (C=O) groups is 2. The van der Waals surface area contributed by atoms with Gasteiger partial charge in [0.1, 0.15) is 12.0 Å². The van der Waals surface area contributed by atoms with Crippen molar-refractivity contribution < 1.29 is 14.3 Å². The van der Waals surface area contributed by atoms with Gasteiger partial charge in [0.05, 0.1) is 18.6 Å². The normalized spacial score (nSPS) is 20.8. The largest absolute Gasteiger partial charge is 0.380 e. The van der Waals surface area contributed by atoms with Crippen molar-refractivity contribution in [2.45, 2.75) is 0 Å². The van der Waals surface area contributed by atoms with Gasteiger partial charge >= 0.3 is 6.03 Å². The van der Waals surface area contributed by atoms with Gasteiger partial charge in [-0.3, -0.25) is 9.36 Å². The smallest absolute Gasteiger partial charge is 0.329 e. The van der Waals surface area contributed by atoms with E-state index in [9.17, 15) is 9.59 Å². The molecule has 0 aliphatic carbocycles. The summed E-state index contributed by atoms with van der Waals surface area (Å²) in [6.45, 7) is 2.87. The second-order valence-electron chi connectivity index (χ2n) is 4.66. The Hall–Kier alpha value is -1.89. The quantitative estimate of drug-likeness (QED) is 0.696. The highest BCUT2D eigenvalue weighted by Gasteiger charge is 2.50. The van der Waals surface area contributed by atoms with Gasteiger partial charge in [-0.05, 0) is 0 Å². The van der Waals surface area contributed by atoms with Crippen molar-refractivity contribution in [3.63, 3.8) is 0 Å². The summed E-state index contributed by atoms with van der Waals surface area (Å²) < 4.78 is 6.42. The van der Waals surface area contributed by atoms with Gasteiger partial charge in [-0.2, -0.15) is 0 Å². The molecule has 1 spiro atoms. The molecule has 90 valence electrons. The molecule has 3 rings (SSSR count). The summed E-state index contributed by atoms with van der Waals surface area (Å²) in [6, 6.07) is -0.178. The zero-order chi connectivity index (χ0) is 12.0. The summed E-state index contributed by atoms with van der Waals surface area (Å²) in [5.74, 6) is -0.635. The van der Waals surface area contributed by atoms with Crippen LogP contribution in [0, 0.1) is 5.41 Å². The van der Waals surface area contributed by atoms with Crippen LogP contribution >= 0.6 is 0 Å². The van der Waals surface area contributed by atoms with Crippen LogP contribution in [0.5, 0.6) is 0 Å². The van der Waals surface area contributed by atoms with E-state index in [2.05, 4.69) is 4.98 Å². The average molecular weight is 236 g/mol. The molecule has 3 heterocycles. The molecule has 2 aliphatic heterocycles. The third kappa shape index (κ3) is 1.50. The summed E-state index contributed by atoms with van der Waals surface area (Å²) in [5.41, 5.74) is 5.35. The van der Waals surface area contributed by atoms with Gasteiger partial charge in [-0.15, -0.1) is 0 Å². The summed E-state index contributed by atoms with van der Waals surface area (Å²) in [7, 11) is 0. The van der Waals surface area contributed by atoms with Crippen molar-refractivity contribution in [1.82, 2.24) is 14.5 Å². The monoisotopic (exact) mass is 236 g/mol. The van der Waals surface area contributed by atoms with Crippen LogP contribution in [0.15, 0.2) is 12.5 Å². The molecule has 1 aromatic rings. The minimum absolute atomic E-state index is 0.0977. The van der Waals surface area contributed by atoms with E-state index in [1.54, 1.807) is 4.90 Å². The first-order chi connectivity index (χ1) is 8.10. The molecule has 2 fully saturated rings. The Morgan fingerprint density at radius 3 is 2.59 bits per heavy atom. The number of hydrogen-bond donors (Lipinski definition) is 1. The van der Waals surface area contributed by atoms with E-state index < -0.39 is 5.91 Å². The van der Waals surface area contributed by atoms with Crippen LogP contribution in [0.1, 0.15) is 10.5 Å². The second kappa shape index (κ2) is 3.30. The Kier molecular flexibility index (Phi) is 1.99. The predicted molar refractivity (Wildman–Crippen MR) is 56.4 cm³/mol. The molecular weight excluding hydrogens is 224 g/mol. The van der Waals surface area contributed by atoms with Crippen LogP contribution in [0.25, 0.3) is 0 Å². The van der Waals surface area contributed by atoms with Gasteiger partial charge in [0, 0.05) is 19.3 Å². The maximum Gasteiger partial charge on any atom is 0.329 e. The second-order valence-corrected chi connectivity index (χ2v) is 4.66. The molecule has 0 radical (unpaired) electrons. The maximum absolute atomic E-state index is 11.9. The van der Waals surface area contributed by atoms with Crippen LogP contribution in [0.3, 0.4) is 0 Å². The van der Waals surface area contributed by atoms with Crippen molar-refractivity contribution in [3.8, 4) is 0 Å². The van der Waals surface area contributed by atoms with Crippen LogP contribution in [-0.4, -0.2) is 52.7 Å². The standard InChI is InChI=1S/C10H12N4O3/c11-8(15)7-1-13(6-12-7)9(16)14-2-10(3-14)4-17-5-10/h1,6H,2-5H2,(H2,11,15). The number of primary amides is 1. The van der Waals surface area contributed by atoms with Crippen LogP contribution in [-0.2, 0) is 4.74 Å². The third-order valence-electron chi connectivity index (χ3n) is 3.20. The number of likely N-dealkylation sites (tertiary alicyclic amines) is 1. The summed E-state index contributed by atoms with van der Waals surface area (Å²) >= 11 is 0. The molecular formula is C10H12N4O3. The zero-order valence-electron chi connectivity index (χ0n) is 9.13. The Morgan fingerprint density at radius 2 is 2.12 bits per heavy atom. The highest BCUT2D eigenvalue weighted by Crippen LogP contribution is 2.37. The molecule has 0 unspecified atom stereocenters. The van der Waals surface area contributed by atoms with E-state index in [1.807, 2.05) is 0 Å². The first-order valence-electron chi connectivity index (χ1n) is 5.31. The SMILES string of the molecule is NC(=O)c1cn(C(=O)N2CC3(COC3)C2)cn1. The molecule has 7 heteroatoms. The van der Waals surface area contributed by atoms with Crippen molar-refractivity contribution in [2.75, 3.05) is 26.3 Å². The molecule has 2 saturated heterocycles. The van der Waals surface area contributed by atoms with Gasteiger partial charge in [-0.1, -0.05) is 0 Å². The van der Waals surface area contributed by atoms with Crippen molar-refractivity contribution in [3.05, 3.63) is 18.2 Å². The molecule has 7 nitrogen and oxygen atoms in total. The fraction of sp³-hybridized carbons (Fsp3) is 0.500. The number of imidazole rings is 1. The first-order valence-corrected chi connectivity index (χ1v) is 5.31.